The van der Waals surface area contributed by atoms with Gasteiger partial charge in [0.15, 0.2) is 0 Å². The van der Waals surface area contributed by atoms with E-state index >= 15 is 0 Å². The van der Waals surface area contributed by atoms with Crippen LogP contribution in [0.15, 0.2) is 72.3 Å². The van der Waals surface area contributed by atoms with Crippen LogP contribution in [0.3, 0.4) is 0 Å². The number of carbonyl (C=O) groups is 2. The Hall–Kier alpha value is -3.48. The number of ketones is 1. The molecule has 6 nitrogen and oxygen atoms in total. The monoisotopic (exact) mass is 511 g/mol. The number of carbonyl (C=O) groups excluding carboxylic acids is 2. The van der Waals surface area contributed by atoms with Gasteiger partial charge in [0.2, 0.25) is 0 Å². The topological polar surface area (TPSA) is 76.1 Å². The first-order valence-corrected chi connectivity index (χ1v) is 11.7. The van der Waals surface area contributed by atoms with Crippen molar-refractivity contribution in [3.05, 3.63) is 99.0 Å². The summed E-state index contributed by atoms with van der Waals surface area (Å²) >= 11 is 12.2. The summed E-state index contributed by atoms with van der Waals surface area (Å²) in [6.45, 7) is 2.47. The number of ether oxygens (including phenoxy) is 2. The average molecular weight is 512 g/mol. The molecule has 0 saturated carbocycles. The number of benzene rings is 3. The van der Waals surface area contributed by atoms with Gasteiger partial charge in [0, 0.05) is 12.1 Å². The molecule has 1 atom stereocenters. The number of Topliss-reactive ketones (excluding diaryl/α,β-unsaturated/α-hetero) is 1. The maximum absolute atomic E-state index is 13.2. The molecule has 1 heterocycles. The maximum atomic E-state index is 13.2. The van der Waals surface area contributed by atoms with E-state index in [-0.39, 0.29) is 28.5 Å². The van der Waals surface area contributed by atoms with Crippen molar-refractivity contribution < 1.29 is 24.2 Å². The fourth-order valence-electron chi connectivity index (χ4n) is 4.06. The number of halogens is 2. The van der Waals surface area contributed by atoms with Gasteiger partial charge in [-0.2, -0.15) is 0 Å². The van der Waals surface area contributed by atoms with Crippen LogP contribution in [0.4, 0.5) is 0 Å². The van der Waals surface area contributed by atoms with Crippen LogP contribution in [-0.4, -0.2) is 35.4 Å². The third-order valence-corrected chi connectivity index (χ3v) is 6.47. The zero-order valence-corrected chi connectivity index (χ0v) is 20.6. The molecule has 0 spiro atoms. The van der Waals surface area contributed by atoms with E-state index < -0.39 is 17.7 Å². The Morgan fingerprint density at radius 2 is 1.71 bits per heavy atom. The molecule has 0 bridgehead atoms. The lowest BCUT2D eigenvalue weighted by Crippen LogP contribution is -2.29. The molecule has 0 radical (unpaired) electrons. The molecular weight excluding hydrogens is 489 g/mol. The Morgan fingerprint density at radius 3 is 2.37 bits per heavy atom. The Morgan fingerprint density at radius 1 is 0.971 bits per heavy atom. The van der Waals surface area contributed by atoms with E-state index in [4.69, 9.17) is 32.7 Å². The second kappa shape index (κ2) is 10.4. The summed E-state index contributed by atoms with van der Waals surface area (Å²) in [5.41, 5.74) is 1.68. The number of rotatable bonds is 7. The van der Waals surface area contributed by atoms with Crippen LogP contribution < -0.4 is 9.47 Å². The van der Waals surface area contributed by atoms with Crippen molar-refractivity contribution in [1.29, 1.82) is 0 Å². The Labute approximate surface area is 213 Å². The third kappa shape index (κ3) is 4.99. The molecule has 0 aliphatic carbocycles. The lowest BCUT2D eigenvalue weighted by molar-refractivity contribution is -0.140. The predicted octanol–water partition coefficient (Wildman–Crippen LogP) is 6.02. The number of amides is 1. The van der Waals surface area contributed by atoms with E-state index in [1.165, 1.54) is 17.0 Å². The largest absolute Gasteiger partial charge is 0.507 e. The van der Waals surface area contributed by atoms with Gasteiger partial charge in [0.05, 0.1) is 35.4 Å². The lowest BCUT2D eigenvalue weighted by Gasteiger charge is -2.26. The lowest BCUT2D eigenvalue weighted by atomic mass is 9.95. The molecule has 1 saturated heterocycles. The first kappa shape index (κ1) is 24.6. The fourth-order valence-corrected chi connectivity index (χ4v) is 4.36. The van der Waals surface area contributed by atoms with Crippen molar-refractivity contribution in [2.45, 2.75) is 19.5 Å². The van der Waals surface area contributed by atoms with E-state index in [0.717, 1.165) is 5.56 Å². The molecule has 1 fully saturated rings. The first-order chi connectivity index (χ1) is 16.8. The van der Waals surface area contributed by atoms with Crippen LogP contribution in [-0.2, 0) is 16.1 Å². The quantitative estimate of drug-likeness (QED) is 0.238. The van der Waals surface area contributed by atoms with Crippen molar-refractivity contribution in [2.75, 3.05) is 13.7 Å². The van der Waals surface area contributed by atoms with Gasteiger partial charge in [-0.05, 0) is 60.5 Å². The van der Waals surface area contributed by atoms with Crippen molar-refractivity contribution in [1.82, 2.24) is 4.90 Å². The summed E-state index contributed by atoms with van der Waals surface area (Å²) < 4.78 is 10.8. The molecule has 0 aromatic heterocycles. The second-order valence-electron chi connectivity index (χ2n) is 7.91. The molecule has 1 aliphatic heterocycles. The summed E-state index contributed by atoms with van der Waals surface area (Å²) in [6.07, 6.45) is 0. The number of hydrogen-bond acceptors (Lipinski definition) is 5. The highest BCUT2D eigenvalue weighted by Crippen LogP contribution is 2.41. The SMILES string of the molecule is CCOc1cccc(C2/C(=C(/O)c3ccc(Cl)c(Cl)c3)C(=O)C(=O)N2Cc2ccc(OC)cc2)c1. The highest BCUT2D eigenvalue weighted by atomic mass is 35.5. The smallest absolute Gasteiger partial charge is 0.295 e. The molecular formula is C27H23Cl2NO5. The molecule has 180 valence electrons. The van der Waals surface area contributed by atoms with E-state index in [9.17, 15) is 14.7 Å². The first-order valence-electron chi connectivity index (χ1n) is 10.9. The van der Waals surface area contributed by atoms with E-state index in [0.29, 0.717) is 28.7 Å². The highest BCUT2D eigenvalue weighted by molar-refractivity contribution is 6.46. The number of hydrogen-bond donors (Lipinski definition) is 1. The summed E-state index contributed by atoms with van der Waals surface area (Å²) in [4.78, 5) is 27.9. The molecule has 1 amide bonds. The van der Waals surface area contributed by atoms with Crippen LogP contribution in [0.2, 0.25) is 10.0 Å². The van der Waals surface area contributed by atoms with Gasteiger partial charge < -0.3 is 19.5 Å². The van der Waals surface area contributed by atoms with E-state index in [1.54, 1.807) is 49.6 Å². The molecule has 8 heteroatoms. The van der Waals surface area contributed by atoms with Crippen LogP contribution >= 0.6 is 23.2 Å². The number of methoxy groups -OCH3 is 1. The van der Waals surface area contributed by atoms with Crippen LogP contribution in [0, 0.1) is 0 Å². The van der Waals surface area contributed by atoms with Gasteiger partial charge >= 0.3 is 0 Å². The van der Waals surface area contributed by atoms with Gasteiger partial charge in [-0.25, -0.2) is 0 Å². The molecule has 3 aromatic carbocycles. The zero-order valence-electron chi connectivity index (χ0n) is 19.1. The fraction of sp³-hybridized carbons (Fsp3) is 0.185. The minimum absolute atomic E-state index is 0.0319. The van der Waals surface area contributed by atoms with Gasteiger partial charge in [0.1, 0.15) is 17.3 Å². The Bertz CT molecular complexity index is 1300. The van der Waals surface area contributed by atoms with Gasteiger partial charge in [-0.1, -0.05) is 47.5 Å². The Balaban J connectivity index is 1.85. The van der Waals surface area contributed by atoms with Crippen molar-refractivity contribution in [2.24, 2.45) is 0 Å². The van der Waals surface area contributed by atoms with Crippen molar-refractivity contribution in [3.8, 4) is 11.5 Å². The van der Waals surface area contributed by atoms with Gasteiger partial charge in [-0.3, -0.25) is 9.59 Å². The van der Waals surface area contributed by atoms with Crippen molar-refractivity contribution >= 4 is 40.7 Å². The van der Waals surface area contributed by atoms with Gasteiger partial charge in [-0.15, -0.1) is 0 Å². The summed E-state index contributed by atoms with van der Waals surface area (Å²) in [7, 11) is 1.57. The van der Waals surface area contributed by atoms with Crippen LogP contribution in [0.1, 0.15) is 29.7 Å². The molecule has 4 rings (SSSR count). The minimum Gasteiger partial charge on any atom is -0.507 e. The Kier molecular flexibility index (Phi) is 7.34. The average Bonchev–Trinajstić information content (AvgIpc) is 3.11. The number of likely N-dealkylation sites (tertiary alicyclic amines) is 1. The molecule has 3 aromatic rings. The highest BCUT2D eigenvalue weighted by Gasteiger charge is 2.46. The van der Waals surface area contributed by atoms with Crippen molar-refractivity contribution in [3.63, 3.8) is 0 Å². The van der Waals surface area contributed by atoms with Crippen LogP contribution in [0.5, 0.6) is 11.5 Å². The van der Waals surface area contributed by atoms with Gasteiger partial charge in [0.25, 0.3) is 11.7 Å². The van der Waals surface area contributed by atoms with Crippen LogP contribution in [0.25, 0.3) is 5.76 Å². The second-order valence-corrected chi connectivity index (χ2v) is 8.72. The number of aliphatic hydroxyl groups is 1. The number of nitrogens with zero attached hydrogens (tertiary/aromatic N) is 1. The van der Waals surface area contributed by atoms with E-state index in [2.05, 4.69) is 0 Å². The predicted molar refractivity (Wildman–Crippen MR) is 135 cm³/mol. The summed E-state index contributed by atoms with van der Waals surface area (Å²) in [6, 6.07) is 18.1. The molecule has 1 unspecified atom stereocenters. The number of aliphatic hydroxyl groups excluding tert-OH is 1. The summed E-state index contributed by atoms with van der Waals surface area (Å²) in [5, 5.41) is 11.7. The standard InChI is InChI=1S/C27H23Cl2NO5/c1-3-35-20-6-4-5-17(13-20)24-23(25(31)18-9-12-21(28)22(29)14-18)26(32)27(33)30(24)15-16-7-10-19(34-2)11-8-16/h4-14,24,31H,3,15H2,1-2H3/b25-23-. The third-order valence-electron chi connectivity index (χ3n) is 5.73. The molecule has 1 N–H and O–H groups in total. The maximum Gasteiger partial charge on any atom is 0.295 e. The van der Waals surface area contributed by atoms with E-state index in [1.807, 2.05) is 19.1 Å². The minimum atomic E-state index is -0.841. The molecule has 35 heavy (non-hydrogen) atoms. The zero-order chi connectivity index (χ0) is 25.1. The molecule has 1 aliphatic rings. The normalized spacial score (nSPS) is 17.0. The summed E-state index contributed by atoms with van der Waals surface area (Å²) in [5.74, 6) is -0.556.